The van der Waals surface area contributed by atoms with Gasteiger partial charge in [0.15, 0.2) is 0 Å². The summed E-state index contributed by atoms with van der Waals surface area (Å²) in [6.45, 7) is 2.01. The molecule has 0 N–H and O–H groups in total. The number of aromatic nitrogens is 3. The van der Waals surface area contributed by atoms with Crippen LogP contribution in [0.15, 0.2) is 42.6 Å². The van der Waals surface area contributed by atoms with Crippen molar-refractivity contribution in [3.63, 3.8) is 0 Å². The van der Waals surface area contributed by atoms with Crippen molar-refractivity contribution in [2.45, 2.75) is 6.92 Å². The Morgan fingerprint density at radius 2 is 1.94 bits per heavy atom. The molecule has 3 heteroatoms. The highest BCUT2D eigenvalue weighted by Crippen LogP contribution is 2.27. The predicted octanol–water partition coefficient (Wildman–Crippen LogP) is 2.94. The van der Waals surface area contributed by atoms with Crippen LogP contribution in [0, 0.1) is 6.92 Å². The van der Waals surface area contributed by atoms with Crippen molar-refractivity contribution in [2.24, 2.45) is 7.05 Å². The van der Waals surface area contributed by atoms with Crippen LogP contribution in [0.1, 0.15) is 5.69 Å². The van der Waals surface area contributed by atoms with E-state index in [4.69, 9.17) is 0 Å². The zero-order chi connectivity index (χ0) is 11.8. The molecule has 0 bridgehead atoms. The third-order valence-electron chi connectivity index (χ3n) is 2.97. The summed E-state index contributed by atoms with van der Waals surface area (Å²) in [7, 11) is 1.95. The summed E-state index contributed by atoms with van der Waals surface area (Å²) in [5.74, 6) is 0. The van der Waals surface area contributed by atoms with Crippen molar-refractivity contribution in [3.05, 3.63) is 48.3 Å². The van der Waals surface area contributed by atoms with Crippen LogP contribution in [-0.4, -0.2) is 14.8 Å². The maximum Gasteiger partial charge on any atom is 0.0711 e. The lowest BCUT2D eigenvalue weighted by Gasteiger charge is -2.07. The van der Waals surface area contributed by atoms with E-state index in [1.165, 1.54) is 10.9 Å². The van der Waals surface area contributed by atoms with Crippen LogP contribution in [0.5, 0.6) is 0 Å². The first-order valence-electron chi connectivity index (χ1n) is 5.60. The summed E-state index contributed by atoms with van der Waals surface area (Å²) in [5, 5.41) is 5.38. The average Bonchev–Trinajstić information content (AvgIpc) is 2.74. The Bertz CT molecular complexity index is 683. The SMILES string of the molecule is Cc1ccc2c(-c3ccnn3C)cccc2n1. The molecule has 0 aliphatic heterocycles. The normalized spacial score (nSPS) is 10.9. The van der Waals surface area contributed by atoms with Gasteiger partial charge in [0.1, 0.15) is 0 Å². The molecule has 1 aromatic carbocycles. The Kier molecular flexibility index (Phi) is 2.18. The van der Waals surface area contributed by atoms with Gasteiger partial charge in [0, 0.05) is 29.9 Å². The lowest BCUT2D eigenvalue weighted by Crippen LogP contribution is -1.94. The Morgan fingerprint density at radius 3 is 2.71 bits per heavy atom. The Morgan fingerprint density at radius 1 is 1.06 bits per heavy atom. The summed E-state index contributed by atoms with van der Waals surface area (Å²) in [6, 6.07) is 12.4. The van der Waals surface area contributed by atoms with E-state index in [0.29, 0.717) is 0 Å². The first-order valence-corrected chi connectivity index (χ1v) is 5.60. The van der Waals surface area contributed by atoms with E-state index < -0.39 is 0 Å². The summed E-state index contributed by atoms with van der Waals surface area (Å²) in [5.41, 5.74) is 4.36. The smallest absolute Gasteiger partial charge is 0.0711 e. The topological polar surface area (TPSA) is 30.7 Å². The van der Waals surface area contributed by atoms with Crippen molar-refractivity contribution in [2.75, 3.05) is 0 Å². The quantitative estimate of drug-likeness (QED) is 0.635. The summed E-state index contributed by atoms with van der Waals surface area (Å²) < 4.78 is 1.88. The highest BCUT2D eigenvalue weighted by Gasteiger charge is 2.07. The van der Waals surface area contributed by atoms with Gasteiger partial charge < -0.3 is 0 Å². The number of rotatable bonds is 1. The van der Waals surface area contributed by atoms with E-state index in [9.17, 15) is 0 Å². The zero-order valence-electron chi connectivity index (χ0n) is 9.88. The van der Waals surface area contributed by atoms with Gasteiger partial charge >= 0.3 is 0 Å². The standard InChI is InChI=1S/C14H13N3/c1-10-6-7-11-12(4-3-5-13(11)16-10)14-8-9-15-17(14)2/h3-9H,1-2H3. The second-order valence-electron chi connectivity index (χ2n) is 4.16. The molecule has 17 heavy (non-hydrogen) atoms. The van der Waals surface area contributed by atoms with Gasteiger partial charge in [-0.05, 0) is 25.1 Å². The highest BCUT2D eigenvalue weighted by molar-refractivity contribution is 5.93. The monoisotopic (exact) mass is 223 g/mol. The molecule has 2 aromatic heterocycles. The van der Waals surface area contributed by atoms with Gasteiger partial charge in [-0.3, -0.25) is 9.67 Å². The van der Waals surface area contributed by atoms with Crippen LogP contribution in [0.4, 0.5) is 0 Å². The van der Waals surface area contributed by atoms with Crippen molar-refractivity contribution in [3.8, 4) is 11.3 Å². The van der Waals surface area contributed by atoms with E-state index in [1.807, 2.05) is 49.1 Å². The molecule has 0 aliphatic carbocycles. The third kappa shape index (κ3) is 1.60. The molecular formula is C14H13N3. The van der Waals surface area contributed by atoms with Gasteiger partial charge in [0.2, 0.25) is 0 Å². The van der Waals surface area contributed by atoms with E-state index in [0.717, 1.165) is 16.9 Å². The molecule has 0 aliphatic rings. The Labute approximate surface area is 99.7 Å². The number of benzene rings is 1. The second kappa shape index (κ2) is 3.70. The summed E-state index contributed by atoms with van der Waals surface area (Å²) >= 11 is 0. The largest absolute Gasteiger partial charge is 0.268 e. The van der Waals surface area contributed by atoms with Crippen molar-refractivity contribution >= 4 is 10.9 Å². The van der Waals surface area contributed by atoms with Gasteiger partial charge in [-0.2, -0.15) is 5.10 Å². The number of fused-ring (bicyclic) bond motifs is 1. The van der Waals surface area contributed by atoms with Crippen LogP contribution >= 0.6 is 0 Å². The van der Waals surface area contributed by atoms with E-state index in [1.54, 1.807) is 0 Å². The van der Waals surface area contributed by atoms with E-state index in [2.05, 4.69) is 22.2 Å². The van der Waals surface area contributed by atoms with Gasteiger partial charge in [0.25, 0.3) is 0 Å². The molecule has 0 saturated carbocycles. The summed E-state index contributed by atoms with van der Waals surface area (Å²) in [4.78, 5) is 4.55. The highest BCUT2D eigenvalue weighted by atomic mass is 15.3. The number of pyridine rings is 1. The maximum absolute atomic E-state index is 4.55. The molecule has 3 aromatic rings. The van der Waals surface area contributed by atoms with Crippen molar-refractivity contribution in [1.82, 2.24) is 14.8 Å². The predicted molar refractivity (Wildman–Crippen MR) is 68.7 cm³/mol. The molecule has 0 radical (unpaired) electrons. The molecular weight excluding hydrogens is 210 g/mol. The average molecular weight is 223 g/mol. The maximum atomic E-state index is 4.55. The van der Waals surface area contributed by atoms with Crippen LogP contribution < -0.4 is 0 Å². The van der Waals surface area contributed by atoms with Gasteiger partial charge in [0.05, 0.1) is 11.2 Å². The lowest BCUT2D eigenvalue weighted by molar-refractivity contribution is 0.776. The number of hydrogen-bond donors (Lipinski definition) is 0. The molecule has 3 nitrogen and oxygen atoms in total. The van der Waals surface area contributed by atoms with Gasteiger partial charge in [-0.15, -0.1) is 0 Å². The van der Waals surface area contributed by atoms with E-state index >= 15 is 0 Å². The fourth-order valence-electron chi connectivity index (χ4n) is 2.12. The number of hydrogen-bond acceptors (Lipinski definition) is 2. The lowest BCUT2D eigenvalue weighted by atomic mass is 10.1. The summed E-state index contributed by atoms with van der Waals surface area (Å²) in [6.07, 6.45) is 1.82. The van der Waals surface area contributed by atoms with Gasteiger partial charge in [-0.1, -0.05) is 18.2 Å². The minimum absolute atomic E-state index is 1.03. The van der Waals surface area contributed by atoms with Crippen LogP contribution in [-0.2, 0) is 7.05 Å². The molecule has 2 heterocycles. The number of nitrogens with zero attached hydrogens (tertiary/aromatic N) is 3. The fraction of sp³-hybridized carbons (Fsp3) is 0.143. The second-order valence-corrected chi connectivity index (χ2v) is 4.16. The minimum atomic E-state index is 1.03. The molecule has 84 valence electrons. The molecule has 0 amide bonds. The molecule has 0 unspecified atom stereocenters. The van der Waals surface area contributed by atoms with E-state index in [-0.39, 0.29) is 0 Å². The Hall–Kier alpha value is -2.16. The third-order valence-corrected chi connectivity index (χ3v) is 2.97. The van der Waals surface area contributed by atoms with Crippen LogP contribution in [0.2, 0.25) is 0 Å². The first kappa shape index (κ1) is 10.0. The van der Waals surface area contributed by atoms with Crippen molar-refractivity contribution < 1.29 is 0 Å². The molecule has 3 rings (SSSR count). The zero-order valence-corrected chi connectivity index (χ0v) is 9.88. The first-order chi connectivity index (χ1) is 8.25. The fourth-order valence-corrected chi connectivity index (χ4v) is 2.12. The minimum Gasteiger partial charge on any atom is -0.268 e. The molecule has 0 fully saturated rings. The van der Waals surface area contributed by atoms with Crippen molar-refractivity contribution in [1.29, 1.82) is 0 Å². The van der Waals surface area contributed by atoms with Crippen LogP contribution in [0.25, 0.3) is 22.2 Å². The Balaban J connectivity index is 2.34. The molecule has 0 spiro atoms. The van der Waals surface area contributed by atoms with Crippen LogP contribution in [0.3, 0.4) is 0 Å². The van der Waals surface area contributed by atoms with Gasteiger partial charge in [-0.25, -0.2) is 0 Å². The number of aryl methyl sites for hydroxylation is 2. The molecule has 0 saturated heterocycles. The molecule has 0 atom stereocenters.